The van der Waals surface area contributed by atoms with E-state index in [1.807, 2.05) is 36.0 Å². The van der Waals surface area contributed by atoms with E-state index < -0.39 is 11.7 Å². The van der Waals surface area contributed by atoms with Gasteiger partial charge in [-0.15, -0.1) is 0 Å². The Hall–Kier alpha value is -2.07. The second kappa shape index (κ2) is 5.92. The van der Waals surface area contributed by atoms with Crippen molar-refractivity contribution < 1.29 is 13.9 Å². The zero-order valence-electron chi connectivity index (χ0n) is 11.0. The third-order valence-corrected chi connectivity index (χ3v) is 3.23. The van der Waals surface area contributed by atoms with Crippen LogP contribution in [0.4, 0.5) is 4.39 Å². The van der Waals surface area contributed by atoms with E-state index in [1.165, 1.54) is 13.2 Å². The molecule has 2 rings (SSSR count). The molecular weight excluding hydrogens is 281 g/mol. The lowest BCUT2D eigenvalue weighted by Gasteiger charge is -2.14. The average Bonchev–Trinajstić information content (AvgIpc) is 2.47. The predicted octanol–water partition coefficient (Wildman–Crippen LogP) is 3.69. The number of methoxy groups -OCH3 is 1. The maximum absolute atomic E-state index is 13.9. The number of halogens is 2. The number of hydrogen-bond donors (Lipinski definition) is 1. The van der Waals surface area contributed by atoms with Crippen molar-refractivity contribution in [3.05, 3.63) is 53.3 Å². The molecule has 5 heteroatoms. The highest BCUT2D eigenvalue weighted by Gasteiger charge is 2.21. The van der Waals surface area contributed by atoms with Gasteiger partial charge < -0.3 is 4.74 Å². The van der Waals surface area contributed by atoms with E-state index in [4.69, 9.17) is 16.5 Å². The van der Waals surface area contributed by atoms with Crippen LogP contribution in [0.25, 0.3) is 11.1 Å². The second-order valence-electron chi connectivity index (χ2n) is 4.24. The van der Waals surface area contributed by atoms with Crippen LogP contribution >= 0.6 is 11.8 Å². The minimum absolute atomic E-state index is 0.164. The Labute approximate surface area is 121 Å². The SMILES string of the molecule is COc1c(-c2ccccc2C)ccc(F)c1C(=O)NCl. The fraction of sp³-hybridized carbons (Fsp3) is 0.133. The van der Waals surface area contributed by atoms with Crippen molar-refractivity contribution in [3.63, 3.8) is 0 Å². The Bertz CT molecular complexity index is 658. The number of benzene rings is 2. The summed E-state index contributed by atoms with van der Waals surface area (Å²) in [7, 11) is 1.39. The molecular formula is C15H13ClFNO2. The Kier molecular flexibility index (Phi) is 4.25. The van der Waals surface area contributed by atoms with E-state index in [2.05, 4.69) is 0 Å². The number of nitrogens with one attached hydrogen (secondary N) is 1. The number of amides is 1. The van der Waals surface area contributed by atoms with E-state index >= 15 is 0 Å². The molecule has 1 amide bonds. The molecule has 0 fully saturated rings. The molecule has 1 N–H and O–H groups in total. The van der Waals surface area contributed by atoms with E-state index in [-0.39, 0.29) is 11.3 Å². The summed E-state index contributed by atoms with van der Waals surface area (Å²) >= 11 is 5.30. The first kappa shape index (κ1) is 14.3. The highest BCUT2D eigenvalue weighted by Crippen LogP contribution is 2.36. The molecule has 0 aliphatic carbocycles. The van der Waals surface area contributed by atoms with Gasteiger partial charge in [0.1, 0.15) is 17.1 Å². The number of rotatable bonds is 3. The van der Waals surface area contributed by atoms with Gasteiger partial charge in [0.2, 0.25) is 0 Å². The highest BCUT2D eigenvalue weighted by atomic mass is 35.5. The molecule has 2 aromatic rings. The van der Waals surface area contributed by atoms with Gasteiger partial charge in [-0.1, -0.05) is 24.3 Å². The predicted molar refractivity (Wildman–Crippen MR) is 76.4 cm³/mol. The molecule has 0 saturated carbocycles. The highest BCUT2D eigenvalue weighted by molar-refractivity contribution is 6.24. The van der Waals surface area contributed by atoms with Crippen molar-refractivity contribution in [2.75, 3.05) is 7.11 Å². The van der Waals surface area contributed by atoms with E-state index in [0.29, 0.717) is 5.56 Å². The monoisotopic (exact) mass is 293 g/mol. The van der Waals surface area contributed by atoms with Gasteiger partial charge in [-0.25, -0.2) is 4.39 Å². The quantitative estimate of drug-likeness (QED) is 0.877. The van der Waals surface area contributed by atoms with Gasteiger partial charge >= 0.3 is 0 Å². The summed E-state index contributed by atoms with van der Waals surface area (Å²) < 4.78 is 19.1. The van der Waals surface area contributed by atoms with Crippen LogP contribution < -0.4 is 9.57 Å². The molecule has 0 unspecified atom stereocenters. The lowest BCUT2D eigenvalue weighted by atomic mass is 9.97. The standard InChI is InChI=1S/C15H13ClFNO2/c1-9-5-3-4-6-10(9)11-7-8-12(17)13(14(11)20-2)15(19)18-16/h3-8H,1-2H3,(H,18,19). The largest absolute Gasteiger partial charge is 0.495 e. The van der Waals surface area contributed by atoms with Crippen molar-refractivity contribution in [2.24, 2.45) is 0 Å². The molecule has 0 aliphatic heterocycles. The van der Waals surface area contributed by atoms with Crippen molar-refractivity contribution in [2.45, 2.75) is 6.92 Å². The molecule has 104 valence electrons. The number of carbonyl (C=O) groups excluding carboxylic acids is 1. The molecule has 3 nitrogen and oxygen atoms in total. The minimum atomic E-state index is -0.739. The maximum Gasteiger partial charge on any atom is 0.272 e. The van der Waals surface area contributed by atoms with Gasteiger partial charge in [0.15, 0.2) is 0 Å². The van der Waals surface area contributed by atoms with Crippen LogP contribution in [-0.2, 0) is 0 Å². The third kappa shape index (κ3) is 2.47. The summed E-state index contributed by atoms with van der Waals surface area (Å²) in [6.07, 6.45) is 0. The zero-order chi connectivity index (χ0) is 14.7. The van der Waals surface area contributed by atoms with Crippen LogP contribution in [0.15, 0.2) is 36.4 Å². The van der Waals surface area contributed by atoms with Gasteiger partial charge in [0, 0.05) is 17.3 Å². The number of carbonyl (C=O) groups is 1. The first-order valence-corrected chi connectivity index (χ1v) is 6.31. The van der Waals surface area contributed by atoms with Gasteiger partial charge in [0.25, 0.3) is 5.91 Å². The molecule has 2 aromatic carbocycles. The van der Waals surface area contributed by atoms with Gasteiger partial charge in [-0.2, -0.15) is 0 Å². The van der Waals surface area contributed by atoms with Gasteiger partial charge in [-0.3, -0.25) is 9.63 Å². The summed E-state index contributed by atoms with van der Waals surface area (Å²) in [5.41, 5.74) is 2.30. The molecule has 0 saturated heterocycles. The molecule has 0 bridgehead atoms. The Balaban J connectivity index is 2.73. The first-order valence-electron chi connectivity index (χ1n) is 5.93. The second-order valence-corrected chi connectivity index (χ2v) is 4.43. The molecule has 20 heavy (non-hydrogen) atoms. The minimum Gasteiger partial charge on any atom is -0.495 e. The molecule has 0 atom stereocenters. The van der Waals surface area contributed by atoms with Crippen LogP contribution in [0, 0.1) is 12.7 Å². The van der Waals surface area contributed by atoms with Crippen molar-refractivity contribution in [3.8, 4) is 16.9 Å². The summed E-state index contributed by atoms with van der Waals surface area (Å²) in [5, 5.41) is 0. The summed E-state index contributed by atoms with van der Waals surface area (Å²) in [4.78, 5) is 13.6. The third-order valence-electron chi connectivity index (χ3n) is 3.06. The van der Waals surface area contributed by atoms with E-state index in [0.717, 1.165) is 11.1 Å². The Morgan fingerprint density at radius 1 is 1.20 bits per heavy atom. The van der Waals surface area contributed by atoms with E-state index in [1.54, 1.807) is 6.07 Å². The molecule has 0 aliphatic rings. The van der Waals surface area contributed by atoms with Crippen molar-refractivity contribution in [1.29, 1.82) is 0 Å². The number of ether oxygens (including phenoxy) is 1. The summed E-state index contributed by atoms with van der Waals surface area (Å²) in [6, 6.07) is 10.4. The fourth-order valence-electron chi connectivity index (χ4n) is 2.12. The fourth-order valence-corrected chi connectivity index (χ4v) is 2.21. The normalized spacial score (nSPS) is 10.2. The summed E-state index contributed by atoms with van der Waals surface area (Å²) in [6.45, 7) is 1.93. The maximum atomic E-state index is 13.9. The number of hydrogen-bond acceptors (Lipinski definition) is 2. The van der Waals surface area contributed by atoms with Crippen molar-refractivity contribution >= 4 is 17.7 Å². The topological polar surface area (TPSA) is 38.3 Å². The Morgan fingerprint density at radius 3 is 2.50 bits per heavy atom. The lowest BCUT2D eigenvalue weighted by molar-refractivity contribution is 0.0975. The van der Waals surface area contributed by atoms with E-state index in [9.17, 15) is 9.18 Å². The van der Waals surface area contributed by atoms with Crippen LogP contribution in [0.2, 0.25) is 0 Å². The van der Waals surface area contributed by atoms with Crippen molar-refractivity contribution in [1.82, 2.24) is 4.84 Å². The summed E-state index contributed by atoms with van der Waals surface area (Å²) in [5.74, 6) is -1.26. The number of aryl methyl sites for hydroxylation is 1. The van der Waals surface area contributed by atoms with Gasteiger partial charge in [-0.05, 0) is 30.2 Å². The first-order chi connectivity index (χ1) is 9.60. The zero-order valence-corrected chi connectivity index (χ0v) is 11.8. The van der Waals surface area contributed by atoms with Crippen LogP contribution in [0.3, 0.4) is 0 Å². The Morgan fingerprint density at radius 2 is 1.90 bits per heavy atom. The molecule has 0 aromatic heterocycles. The average molecular weight is 294 g/mol. The van der Waals surface area contributed by atoms with Crippen LogP contribution in [-0.4, -0.2) is 13.0 Å². The molecule has 0 radical (unpaired) electrons. The smallest absolute Gasteiger partial charge is 0.272 e. The van der Waals surface area contributed by atoms with Crippen LogP contribution in [0.1, 0.15) is 15.9 Å². The molecule has 0 heterocycles. The van der Waals surface area contributed by atoms with Gasteiger partial charge in [0.05, 0.1) is 7.11 Å². The lowest BCUT2D eigenvalue weighted by Crippen LogP contribution is -2.16. The molecule has 0 spiro atoms. The van der Waals surface area contributed by atoms with Crippen LogP contribution in [0.5, 0.6) is 5.75 Å².